The number of anilines is 1. The van der Waals surface area contributed by atoms with Gasteiger partial charge in [0.15, 0.2) is 0 Å². The van der Waals surface area contributed by atoms with Crippen molar-refractivity contribution in [1.82, 2.24) is 0 Å². The van der Waals surface area contributed by atoms with E-state index in [2.05, 4.69) is 0 Å². The predicted molar refractivity (Wildman–Crippen MR) is 79.5 cm³/mol. The van der Waals surface area contributed by atoms with Crippen LogP contribution in [0.2, 0.25) is 0 Å². The van der Waals surface area contributed by atoms with E-state index in [-0.39, 0.29) is 12.1 Å². The Bertz CT molecular complexity index is 878. The molecule has 5 atom stereocenters. The molecule has 1 N–H and O–H groups in total. The van der Waals surface area contributed by atoms with Crippen LogP contribution in [-0.2, 0) is 20.5 Å². The Labute approximate surface area is 145 Å². The fourth-order valence-electron chi connectivity index (χ4n) is 4.40. The number of rotatable bonds is 1. The third-order valence-corrected chi connectivity index (χ3v) is 5.45. The molecule has 6 nitrogen and oxygen atoms in total. The molecule has 3 heterocycles. The normalized spacial score (nSPS) is 35.8. The molecule has 9 heteroatoms. The van der Waals surface area contributed by atoms with E-state index in [1.807, 2.05) is 0 Å². The van der Waals surface area contributed by atoms with E-state index in [1.54, 1.807) is 6.92 Å². The van der Waals surface area contributed by atoms with Crippen LogP contribution in [0, 0.1) is 23.2 Å². The van der Waals surface area contributed by atoms with Crippen molar-refractivity contribution in [3.05, 3.63) is 29.3 Å². The molecule has 3 fully saturated rings. The first-order valence-corrected chi connectivity index (χ1v) is 7.93. The summed E-state index contributed by atoms with van der Waals surface area (Å²) in [6.07, 6.45) is -6.35. The van der Waals surface area contributed by atoms with Gasteiger partial charge < -0.3 is 9.84 Å². The van der Waals surface area contributed by atoms with Gasteiger partial charge in [-0.25, -0.2) is 4.90 Å². The lowest BCUT2D eigenvalue weighted by Crippen LogP contribution is -2.42. The molecule has 3 aliphatic rings. The first kappa shape index (κ1) is 17.0. The second-order valence-electron chi connectivity index (χ2n) is 7.02. The molecule has 0 spiro atoms. The average Bonchev–Trinajstić information content (AvgIpc) is 3.12. The van der Waals surface area contributed by atoms with E-state index in [1.165, 1.54) is 6.07 Å². The highest BCUT2D eigenvalue weighted by Gasteiger charge is 2.70. The molecular formula is C17H13F3N2O4. The molecular weight excluding hydrogens is 353 g/mol. The molecule has 136 valence electrons. The minimum absolute atomic E-state index is 0.187. The maximum absolute atomic E-state index is 13.2. The molecule has 2 bridgehead atoms. The van der Waals surface area contributed by atoms with Crippen molar-refractivity contribution in [1.29, 1.82) is 5.26 Å². The lowest BCUT2D eigenvalue weighted by atomic mass is 9.73. The maximum Gasteiger partial charge on any atom is 0.417 e. The van der Waals surface area contributed by atoms with E-state index < -0.39 is 58.8 Å². The lowest BCUT2D eigenvalue weighted by Gasteiger charge is -2.27. The summed E-state index contributed by atoms with van der Waals surface area (Å²) in [4.78, 5) is 26.3. The van der Waals surface area contributed by atoms with Gasteiger partial charge in [0, 0.05) is 6.42 Å². The summed E-state index contributed by atoms with van der Waals surface area (Å²) in [5, 5.41) is 18.9. The lowest BCUT2D eigenvalue weighted by molar-refractivity contribution is -0.138. The van der Waals surface area contributed by atoms with Crippen LogP contribution < -0.4 is 4.90 Å². The number of aliphatic hydroxyl groups is 1. The van der Waals surface area contributed by atoms with Crippen molar-refractivity contribution in [2.75, 3.05) is 4.90 Å². The second kappa shape index (κ2) is 5.05. The Balaban J connectivity index is 1.78. The topological polar surface area (TPSA) is 90.6 Å². The number of hydrogen-bond donors (Lipinski definition) is 1. The summed E-state index contributed by atoms with van der Waals surface area (Å²) in [6.45, 7) is 1.62. The van der Waals surface area contributed by atoms with Crippen molar-refractivity contribution in [2.24, 2.45) is 11.8 Å². The van der Waals surface area contributed by atoms with Crippen molar-refractivity contribution < 1.29 is 32.6 Å². The first-order chi connectivity index (χ1) is 12.1. The molecule has 4 rings (SSSR count). The van der Waals surface area contributed by atoms with E-state index in [0.717, 1.165) is 17.0 Å². The summed E-state index contributed by atoms with van der Waals surface area (Å²) >= 11 is 0. The monoisotopic (exact) mass is 366 g/mol. The highest BCUT2D eigenvalue weighted by atomic mass is 19.4. The zero-order valence-corrected chi connectivity index (χ0v) is 13.4. The van der Waals surface area contributed by atoms with Crippen LogP contribution in [0.3, 0.4) is 0 Å². The number of alkyl halides is 3. The average molecular weight is 366 g/mol. The van der Waals surface area contributed by atoms with Gasteiger partial charge in [-0.15, -0.1) is 0 Å². The number of nitriles is 1. The minimum Gasteiger partial charge on any atom is -0.390 e. The number of fused-ring (bicyclic) bond motifs is 5. The molecule has 0 radical (unpaired) electrons. The van der Waals surface area contributed by atoms with Gasteiger partial charge in [0.2, 0.25) is 11.8 Å². The number of benzene rings is 1. The predicted octanol–water partition coefficient (Wildman–Crippen LogP) is 1.60. The summed E-state index contributed by atoms with van der Waals surface area (Å²) in [5.74, 6) is -3.09. The smallest absolute Gasteiger partial charge is 0.390 e. The second-order valence-corrected chi connectivity index (χ2v) is 7.02. The molecule has 0 aromatic heterocycles. The van der Waals surface area contributed by atoms with Gasteiger partial charge in [-0.2, -0.15) is 18.4 Å². The number of imide groups is 1. The molecule has 0 saturated carbocycles. The standard InChI is InChI=1S/C17H13F3N2O4/c1-16-5-10(23)13(26-16)11-12(16)15(25)22(14(11)24)8-3-2-7(6-21)9(4-8)17(18,19)20/h2-4,10-13,23H,5H2,1H3/t10-,11+,12+,13?,16?/m0/s1. The number of ether oxygens (including phenoxy) is 1. The quantitative estimate of drug-likeness (QED) is 0.763. The van der Waals surface area contributed by atoms with Crippen LogP contribution in [0.4, 0.5) is 18.9 Å². The van der Waals surface area contributed by atoms with Gasteiger partial charge >= 0.3 is 6.18 Å². The molecule has 1 aromatic rings. The Kier molecular flexibility index (Phi) is 3.30. The fourth-order valence-corrected chi connectivity index (χ4v) is 4.40. The molecule has 3 aliphatic heterocycles. The van der Waals surface area contributed by atoms with Gasteiger partial charge in [-0.05, 0) is 25.1 Å². The molecule has 3 saturated heterocycles. The largest absolute Gasteiger partial charge is 0.417 e. The highest BCUT2D eigenvalue weighted by Crippen LogP contribution is 2.55. The van der Waals surface area contributed by atoms with Crippen LogP contribution >= 0.6 is 0 Å². The number of amides is 2. The third kappa shape index (κ3) is 2.06. The highest BCUT2D eigenvalue weighted by molar-refractivity contribution is 6.23. The van der Waals surface area contributed by atoms with Crippen LogP contribution in [0.1, 0.15) is 24.5 Å². The first-order valence-electron chi connectivity index (χ1n) is 7.93. The van der Waals surface area contributed by atoms with Gasteiger partial charge in [0.25, 0.3) is 0 Å². The fraction of sp³-hybridized carbons (Fsp3) is 0.471. The Morgan fingerprint density at radius 2 is 2.04 bits per heavy atom. The zero-order chi connectivity index (χ0) is 19.0. The number of halogens is 3. The van der Waals surface area contributed by atoms with Crippen LogP contribution in [-0.4, -0.2) is 34.7 Å². The van der Waals surface area contributed by atoms with Crippen molar-refractivity contribution >= 4 is 17.5 Å². The summed E-state index contributed by atoms with van der Waals surface area (Å²) in [7, 11) is 0. The number of nitrogens with zero attached hydrogens (tertiary/aromatic N) is 2. The van der Waals surface area contributed by atoms with Crippen LogP contribution in [0.5, 0.6) is 0 Å². The van der Waals surface area contributed by atoms with Crippen LogP contribution in [0.15, 0.2) is 18.2 Å². The zero-order valence-electron chi connectivity index (χ0n) is 13.4. The van der Waals surface area contributed by atoms with Crippen LogP contribution in [0.25, 0.3) is 0 Å². The summed E-state index contributed by atoms with van der Waals surface area (Å²) in [5.41, 5.74) is -3.06. The van der Waals surface area contributed by atoms with Gasteiger partial charge in [0.1, 0.15) is 0 Å². The van der Waals surface area contributed by atoms with E-state index in [0.29, 0.717) is 6.07 Å². The van der Waals surface area contributed by atoms with Crippen molar-refractivity contribution in [3.63, 3.8) is 0 Å². The van der Waals surface area contributed by atoms with Crippen molar-refractivity contribution in [2.45, 2.75) is 37.3 Å². The maximum atomic E-state index is 13.2. The Morgan fingerprint density at radius 3 is 2.65 bits per heavy atom. The SMILES string of the molecule is CC12C[C@H](O)C(O1)[C@@H]1C(=O)N(c3ccc(C#N)c(C(F)(F)F)c3)C(=O)[C@@H]12. The van der Waals surface area contributed by atoms with Gasteiger partial charge in [-0.1, -0.05) is 0 Å². The van der Waals surface area contributed by atoms with E-state index >= 15 is 0 Å². The minimum atomic E-state index is -4.80. The molecule has 2 unspecified atom stereocenters. The van der Waals surface area contributed by atoms with Crippen molar-refractivity contribution in [3.8, 4) is 6.07 Å². The molecule has 1 aromatic carbocycles. The summed E-state index contributed by atoms with van der Waals surface area (Å²) < 4.78 is 45.2. The van der Waals surface area contributed by atoms with E-state index in [9.17, 15) is 27.9 Å². The number of hydrogen-bond acceptors (Lipinski definition) is 5. The molecule has 26 heavy (non-hydrogen) atoms. The molecule has 2 amide bonds. The Morgan fingerprint density at radius 1 is 1.35 bits per heavy atom. The number of carbonyl (C=O) groups is 2. The van der Waals surface area contributed by atoms with E-state index in [4.69, 9.17) is 10.00 Å². The molecule has 0 aliphatic carbocycles. The summed E-state index contributed by atoms with van der Waals surface area (Å²) in [6, 6.07) is 4.18. The number of carbonyl (C=O) groups excluding carboxylic acids is 2. The number of aliphatic hydroxyl groups excluding tert-OH is 1. The Hall–Kier alpha value is -2.44. The van der Waals surface area contributed by atoms with Gasteiger partial charge in [0.05, 0.1) is 52.5 Å². The third-order valence-electron chi connectivity index (χ3n) is 5.45. The van der Waals surface area contributed by atoms with Gasteiger partial charge in [-0.3, -0.25) is 9.59 Å².